The number of carbonyl (C=O) groups is 1. The Morgan fingerprint density at radius 3 is 2.41 bits per heavy atom. The number of aryl methyl sites for hydroxylation is 2. The molecule has 206 valence electrons. The molecule has 0 radical (unpaired) electrons. The highest BCUT2D eigenvalue weighted by Gasteiger charge is 2.25. The number of hydrogen-bond donors (Lipinski definition) is 2. The number of allylic oxidation sites excluding steroid dienone is 2. The molecule has 1 aliphatic heterocycles. The van der Waals surface area contributed by atoms with Crippen molar-refractivity contribution in [1.82, 2.24) is 34.6 Å². The summed E-state index contributed by atoms with van der Waals surface area (Å²) < 4.78 is 8.92. The molecule has 11 heteroatoms. The van der Waals surface area contributed by atoms with Crippen LogP contribution in [0.15, 0.2) is 24.7 Å². The summed E-state index contributed by atoms with van der Waals surface area (Å²) in [6, 6.07) is 0.454. The third kappa shape index (κ3) is 8.85. The zero-order valence-electron chi connectivity index (χ0n) is 24.1. The van der Waals surface area contributed by atoms with Gasteiger partial charge in [-0.25, -0.2) is 4.98 Å². The summed E-state index contributed by atoms with van der Waals surface area (Å²) in [5, 5.41) is 10.9. The maximum absolute atomic E-state index is 9.62. The van der Waals surface area contributed by atoms with Crippen LogP contribution in [0, 0.1) is 5.92 Å². The van der Waals surface area contributed by atoms with Gasteiger partial charge in [-0.2, -0.15) is 9.97 Å². The van der Waals surface area contributed by atoms with Crippen molar-refractivity contribution in [3.05, 3.63) is 24.7 Å². The molecule has 3 aromatic heterocycles. The summed E-state index contributed by atoms with van der Waals surface area (Å²) in [6.07, 6.45) is 8.83. The van der Waals surface area contributed by atoms with Crippen molar-refractivity contribution in [3.8, 4) is 5.88 Å². The number of hydrogen-bond acceptors (Lipinski definition) is 9. The minimum atomic E-state index is 0.454. The smallest absolute Gasteiger partial charge is 0.256 e. The van der Waals surface area contributed by atoms with Crippen LogP contribution in [0.5, 0.6) is 5.88 Å². The van der Waals surface area contributed by atoms with Gasteiger partial charge in [0.1, 0.15) is 12.0 Å². The van der Waals surface area contributed by atoms with E-state index in [1.807, 2.05) is 79.5 Å². The average molecular weight is 516 g/mol. The molecule has 1 fully saturated rings. The molecule has 0 spiro atoms. The largest absolute Gasteiger partial charge is 0.478 e. The number of imidazole rings is 1. The number of fused-ring (bicyclic) bond motifs is 1. The van der Waals surface area contributed by atoms with Crippen molar-refractivity contribution in [1.29, 1.82) is 0 Å². The van der Waals surface area contributed by atoms with Crippen molar-refractivity contribution in [3.63, 3.8) is 0 Å². The highest BCUT2D eigenvalue weighted by molar-refractivity contribution is 5.87. The maximum Gasteiger partial charge on any atom is 0.256 e. The number of aldehydes is 1. The first-order chi connectivity index (χ1) is 17.9. The van der Waals surface area contributed by atoms with Crippen LogP contribution >= 0.6 is 0 Å². The lowest BCUT2D eigenvalue weighted by atomic mass is 10.2. The number of anilines is 3. The third-order valence-electron chi connectivity index (χ3n) is 5.24. The number of rotatable bonds is 7. The predicted molar refractivity (Wildman–Crippen MR) is 152 cm³/mol. The average Bonchev–Trinajstić information content (AvgIpc) is 3.64. The fraction of sp³-hybridized carbons (Fsp3) is 0.577. The number of methoxy groups -OCH3 is 1. The van der Waals surface area contributed by atoms with Crippen LogP contribution in [0.2, 0.25) is 0 Å². The van der Waals surface area contributed by atoms with Crippen LogP contribution in [0.4, 0.5) is 17.5 Å². The van der Waals surface area contributed by atoms with Gasteiger partial charge in [-0.15, -0.1) is 5.10 Å². The molecule has 1 saturated heterocycles. The molecular formula is C26H45N9O2. The summed E-state index contributed by atoms with van der Waals surface area (Å²) in [5.41, 5.74) is 2.24. The minimum absolute atomic E-state index is 0.454. The van der Waals surface area contributed by atoms with Crippen LogP contribution in [0.1, 0.15) is 48.0 Å². The highest BCUT2D eigenvalue weighted by atomic mass is 16.5. The molecule has 1 atom stereocenters. The van der Waals surface area contributed by atoms with Gasteiger partial charge in [0.15, 0.2) is 17.0 Å². The standard InChI is InChI=1S/C16H23N9O.C6H10O.2C2H6/c1-17-10-5-6-25(7-10)16-20-13(12-14(21-16)23(2)9-18-12)19-11-8-24(3)22-15(11)26-4;1-6(2)4-3-5-7;2*1-2/h8-10,17H,5-7H2,1-4H3,(H,19,20,21);3-6H,1-2H3;2*1-2H3/b;4-3+;;. The second-order valence-corrected chi connectivity index (χ2v) is 8.24. The van der Waals surface area contributed by atoms with Crippen molar-refractivity contribution in [2.75, 3.05) is 37.5 Å². The van der Waals surface area contributed by atoms with E-state index in [0.717, 1.165) is 37.1 Å². The van der Waals surface area contributed by atoms with Gasteiger partial charge in [0, 0.05) is 33.2 Å². The van der Waals surface area contributed by atoms with E-state index >= 15 is 0 Å². The van der Waals surface area contributed by atoms with Gasteiger partial charge in [-0.05, 0) is 25.5 Å². The summed E-state index contributed by atoms with van der Waals surface area (Å²) in [4.78, 5) is 25.8. The van der Waals surface area contributed by atoms with Crippen LogP contribution in [0.25, 0.3) is 11.2 Å². The summed E-state index contributed by atoms with van der Waals surface area (Å²) >= 11 is 0. The van der Waals surface area contributed by atoms with Gasteiger partial charge in [0.25, 0.3) is 5.88 Å². The second-order valence-electron chi connectivity index (χ2n) is 8.24. The van der Waals surface area contributed by atoms with Crippen molar-refractivity contribution >= 4 is 34.9 Å². The van der Waals surface area contributed by atoms with Crippen LogP contribution in [-0.4, -0.2) is 68.9 Å². The molecule has 1 aliphatic rings. The molecule has 0 amide bonds. The summed E-state index contributed by atoms with van der Waals surface area (Å²) in [6.45, 7) is 13.9. The Morgan fingerprint density at radius 2 is 1.86 bits per heavy atom. The van der Waals surface area contributed by atoms with Crippen molar-refractivity contribution in [2.45, 2.75) is 54.0 Å². The quantitative estimate of drug-likeness (QED) is 0.354. The molecule has 2 N–H and O–H groups in total. The number of nitrogens with one attached hydrogen (secondary N) is 2. The van der Waals surface area contributed by atoms with E-state index in [9.17, 15) is 4.79 Å². The lowest BCUT2D eigenvalue weighted by Crippen LogP contribution is -2.30. The predicted octanol–water partition coefficient (Wildman–Crippen LogP) is 4.10. The Balaban J connectivity index is 0.000000535. The fourth-order valence-electron chi connectivity index (χ4n) is 3.50. The molecule has 0 aliphatic carbocycles. The molecule has 11 nitrogen and oxygen atoms in total. The molecule has 0 saturated carbocycles. The Labute approximate surface area is 221 Å². The van der Waals surface area contributed by atoms with Crippen molar-refractivity contribution in [2.24, 2.45) is 20.0 Å². The number of carbonyl (C=O) groups excluding carboxylic acids is 1. The van der Waals surface area contributed by atoms with Crippen LogP contribution in [-0.2, 0) is 18.9 Å². The topological polar surface area (TPSA) is 115 Å². The molecule has 3 aromatic rings. The molecule has 37 heavy (non-hydrogen) atoms. The number of ether oxygens (including phenoxy) is 1. The zero-order valence-corrected chi connectivity index (χ0v) is 24.1. The highest BCUT2D eigenvalue weighted by Crippen LogP contribution is 2.30. The van der Waals surface area contributed by atoms with Gasteiger partial charge < -0.3 is 24.8 Å². The second kappa shape index (κ2) is 16.3. The van der Waals surface area contributed by atoms with E-state index < -0.39 is 0 Å². The lowest BCUT2D eigenvalue weighted by Gasteiger charge is -2.17. The molecule has 4 rings (SSSR count). The van der Waals surface area contributed by atoms with Gasteiger partial charge in [-0.1, -0.05) is 47.6 Å². The SMILES string of the molecule is CC.CC.CC(C)/C=C/C=O.CNC1CCN(c2nc(Nc3cn(C)nc3OC)c3ncn(C)c3n2)C1. The number of aromatic nitrogens is 6. The number of likely N-dealkylation sites (N-methyl/N-ethyl adjacent to an activating group) is 1. The molecule has 4 heterocycles. The molecule has 0 bridgehead atoms. The van der Waals surface area contributed by atoms with Gasteiger partial charge in [0.2, 0.25) is 5.95 Å². The van der Waals surface area contributed by atoms with E-state index in [1.165, 1.54) is 6.08 Å². The summed E-state index contributed by atoms with van der Waals surface area (Å²) in [7, 11) is 7.36. The normalized spacial score (nSPS) is 14.5. The van der Waals surface area contributed by atoms with E-state index in [2.05, 4.69) is 25.6 Å². The maximum atomic E-state index is 9.62. The first-order valence-corrected chi connectivity index (χ1v) is 12.9. The molecule has 0 aromatic carbocycles. The van der Waals surface area contributed by atoms with Gasteiger partial charge >= 0.3 is 0 Å². The van der Waals surface area contributed by atoms with Gasteiger partial charge in [-0.3, -0.25) is 9.48 Å². The van der Waals surface area contributed by atoms with E-state index in [0.29, 0.717) is 35.1 Å². The Kier molecular flexibility index (Phi) is 13.9. The van der Waals surface area contributed by atoms with E-state index in [-0.39, 0.29) is 0 Å². The lowest BCUT2D eigenvalue weighted by molar-refractivity contribution is -0.104. The monoisotopic (exact) mass is 515 g/mol. The summed E-state index contributed by atoms with van der Waals surface area (Å²) in [5.74, 6) is 2.34. The Hall–Kier alpha value is -3.47. The van der Waals surface area contributed by atoms with Crippen molar-refractivity contribution < 1.29 is 9.53 Å². The van der Waals surface area contributed by atoms with Crippen LogP contribution < -0.4 is 20.3 Å². The van der Waals surface area contributed by atoms with E-state index in [4.69, 9.17) is 14.7 Å². The molecular weight excluding hydrogens is 470 g/mol. The Morgan fingerprint density at radius 1 is 1.16 bits per heavy atom. The minimum Gasteiger partial charge on any atom is -0.478 e. The fourth-order valence-corrected chi connectivity index (χ4v) is 3.50. The van der Waals surface area contributed by atoms with Crippen LogP contribution in [0.3, 0.4) is 0 Å². The first-order valence-electron chi connectivity index (χ1n) is 12.9. The first kappa shape index (κ1) is 31.6. The number of nitrogens with zero attached hydrogens (tertiary/aromatic N) is 7. The van der Waals surface area contributed by atoms with Gasteiger partial charge in [0.05, 0.1) is 19.6 Å². The Bertz CT molecular complexity index is 1110. The molecule has 1 unspecified atom stereocenters. The third-order valence-corrected chi connectivity index (χ3v) is 5.24. The zero-order chi connectivity index (χ0) is 28.0. The van der Waals surface area contributed by atoms with E-state index in [1.54, 1.807) is 18.1 Å².